The highest BCUT2D eigenvalue weighted by Crippen LogP contribution is 2.29. The fourth-order valence-corrected chi connectivity index (χ4v) is 2.97. The highest BCUT2D eigenvalue weighted by atomic mass is 16.5. The van der Waals surface area contributed by atoms with Crippen molar-refractivity contribution in [3.63, 3.8) is 0 Å². The van der Waals surface area contributed by atoms with Gasteiger partial charge in [0.05, 0.1) is 5.69 Å². The molecule has 130 valence electrons. The number of hydrogen-bond donors (Lipinski definition) is 1. The second-order valence-corrected chi connectivity index (χ2v) is 6.36. The molecule has 2 amide bonds. The van der Waals surface area contributed by atoms with Crippen LogP contribution >= 0.6 is 0 Å². The molecule has 2 aromatic rings. The third-order valence-corrected chi connectivity index (χ3v) is 4.24. The van der Waals surface area contributed by atoms with Gasteiger partial charge in [0.1, 0.15) is 5.75 Å². The lowest BCUT2D eigenvalue weighted by atomic mass is 10.0. The number of anilines is 1. The minimum absolute atomic E-state index is 0.430. The summed E-state index contributed by atoms with van der Waals surface area (Å²) in [5.41, 5.74) is 0.481. The quantitative estimate of drug-likeness (QED) is 0.869. The van der Waals surface area contributed by atoms with Crippen LogP contribution in [-0.4, -0.2) is 29.8 Å². The zero-order chi connectivity index (χ0) is 17.6. The Bertz CT molecular complexity index is 746. The van der Waals surface area contributed by atoms with E-state index in [-0.39, 0.29) is 0 Å². The summed E-state index contributed by atoms with van der Waals surface area (Å²) in [7, 11) is 0. The fraction of sp³-hybridized carbons (Fsp3) is 0.300. The van der Waals surface area contributed by atoms with E-state index < -0.39 is 11.8 Å². The van der Waals surface area contributed by atoms with Gasteiger partial charge in [-0.2, -0.15) is 0 Å². The number of amides is 2. The van der Waals surface area contributed by atoms with Gasteiger partial charge in [0.15, 0.2) is 5.75 Å². The van der Waals surface area contributed by atoms with Crippen molar-refractivity contribution in [1.29, 1.82) is 0 Å². The van der Waals surface area contributed by atoms with Crippen LogP contribution in [-0.2, 0) is 9.59 Å². The van der Waals surface area contributed by atoms with Crippen LogP contribution in [0.25, 0.3) is 0 Å². The lowest BCUT2D eigenvalue weighted by Crippen LogP contribution is -2.44. The lowest BCUT2D eigenvalue weighted by Gasteiger charge is -2.30. The molecule has 1 aliphatic rings. The molecule has 0 bridgehead atoms. The van der Waals surface area contributed by atoms with Crippen LogP contribution in [0.5, 0.6) is 11.5 Å². The molecule has 1 aliphatic heterocycles. The predicted molar refractivity (Wildman–Crippen MR) is 96.6 cm³/mol. The summed E-state index contributed by atoms with van der Waals surface area (Å²) in [6, 6.07) is 16.4. The Morgan fingerprint density at radius 2 is 1.80 bits per heavy atom. The van der Waals surface area contributed by atoms with Crippen molar-refractivity contribution in [2.75, 3.05) is 18.4 Å². The van der Waals surface area contributed by atoms with Gasteiger partial charge >= 0.3 is 11.8 Å². The molecule has 0 aliphatic carbocycles. The molecule has 2 aromatic carbocycles. The molecule has 1 atom stereocenters. The molecule has 0 spiro atoms. The normalized spacial score (nSPS) is 17.0. The van der Waals surface area contributed by atoms with E-state index in [1.807, 2.05) is 36.4 Å². The summed E-state index contributed by atoms with van der Waals surface area (Å²) < 4.78 is 5.81. The molecule has 0 aromatic heterocycles. The molecule has 1 N–H and O–H groups in total. The van der Waals surface area contributed by atoms with Crippen LogP contribution in [0.15, 0.2) is 54.6 Å². The second-order valence-electron chi connectivity index (χ2n) is 6.36. The van der Waals surface area contributed by atoms with Crippen LogP contribution < -0.4 is 10.1 Å². The monoisotopic (exact) mass is 338 g/mol. The van der Waals surface area contributed by atoms with E-state index in [2.05, 4.69) is 12.2 Å². The second kappa shape index (κ2) is 7.83. The van der Waals surface area contributed by atoms with Crippen molar-refractivity contribution in [3.05, 3.63) is 54.6 Å². The summed E-state index contributed by atoms with van der Waals surface area (Å²) >= 11 is 0. The van der Waals surface area contributed by atoms with Gasteiger partial charge in [-0.05, 0) is 43.0 Å². The maximum Gasteiger partial charge on any atom is 0.314 e. The van der Waals surface area contributed by atoms with E-state index in [9.17, 15) is 9.59 Å². The highest BCUT2D eigenvalue weighted by molar-refractivity contribution is 6.39. The van der Waals surface area contributed by atoms with Gasteiger partial charge < -0.3 is 15.0 Å². The fourth-order valence-electron chi connectivity index (χ4n) is 2.97. The SMILES string of the molecule is CC1CCCN(C(=O)C(=O)Nc2ccccc2Oc2ccccc2)C1. The van der Waals surface area contributed by atoms with Gasteiger partial charge in [0.2, 0.25) is 0 Å². The highest BCUT2D eigenvalue weighted by Gasteiger charge is 2.26. The Hall–Kier alpha value is -2.82. The molecule has 1 unspecified atom stereocenters. The number of para-hydroxylation sites is 3. The van der Waals surface area contributed by atoms with E-state index in [0.29, 0.717) is 36.2 Å². The van der Waals surface area contributed by atoms with E-state index in [1.54, 1.807) is 23.1 Å². The van der Waals surface area contributed by atoms with Crippen molar-refractivity contribution >= 4 is 17.5 Å². The molecule has 1 fully saturated rings. The largest absolute Gasteiger partial charge is 0.455 e. The van der Waals surface area contributed by atoms with Crippen LogP contribution in [0.2, 0.25) is 0 Å². The van der Waals surface area contributed by atoms with Crippen molar-refractivity contribution < 1.29 is 14.3 Å². The van der Waals surface area contributed by atoms with Gasteiger partial charge in [-0.1, -0.05) is 37.3 Å². The molecule has 5 nitrogen and oxygen atoms in total. The Balaban J connectivity index is 1.70. The summed E-state index contributed by atoms with van der Waals surface area (Å²) in [5.74, 6) is 0.487. The number of piperidine rings is 1. The number of rotatable bonds is 3. The predicted octanol–water partition coefficient (Wildman–Crippen LogP) is 3.68. The Morgan fingerprint density at radius 1 is 1.08 bits per heavy atom. The van der Waals surface area contributed by atoms with E-state index in [4.69, 9.17) is 4.74 Å². The maximum atomic E-state index is 12.4. The number of carbonyl (C=O) groups excluding carboxylic acids is 2. The molecule has 0 radical (unpaired) electrons. The Kier molecular flexibility index (Phi) is 5.33. The van der Waals surface area contributed by atoms with Crippen molar-refractivity contribution in [2.45, 2.75) is 19.8 Å². The number of nitrogens with zero attached hydrogens (tertiary/aromatic N) is 1. The molecule has 25 heavy (non-hydrogen) atoms. The summed E-state index contributed by atoms with van der Waals surface area (Å²) in [6.07, 6.45) is 2.03. The molecular weight excluding hydrogens is 316 g/mol. The first-order valence-corrected chi connectivity index (χ1v) is 8.55. The number of hydrogen-bond acceptors (Lipinski definition) is 3. The lowest BCUT2D eigenvalue weighted by molar-refractivity contribution is -0.144. The van der Waals surface area contributed by atoms with Crippen molar-refractivity contribution in [1.82, 2.24) is 4.90 Å². The van der Waals surface area contributed by atoms with Gasteiger partial charge in [-0.3, -0.25) is 9.59 Å². The minimum atomic E-state index is -0.627. The first-order chi connectivity index (χ1) is 12.1. The maximum absolute atomic E-state index is 12.4. The molecule has 5 heteroatoms. The smallest absolute Gasteiger partial charge is 0.314 e. The molecular formula is C20H22N2O3. The molecule has 1 saturated heterocycles. The van der Waals surface area contributed by atoms with E-state index in [1.165, 1.54) is 0 Å². The van der Waals surface area contributed by atoms with Gasteiger partial charge in [0.25, 0.3) is 0 Å². The third kappa shape index (κ3) is 4.38. The number of ether oxygens (including phenoxy) is 1. The molecule has 0 saturated carbocycles. The van der Waals surface area contributed by atoms with Gasteiger partial charge in [-0.15, -0.1) is 0 Å². The Morgan fingerprint density at radius 3 is 2.56 bits per heavy atom. The standard InChI is InChI=1S/C20H22N2O3/c1-15-8-7-13-22(14-15)20(24)19(23)21-17-11-5-6-12-18(17)25-16-9-3-2-4-10-16/h2-6,9-12,15H,7-8,13-14H2,1H3,(H,21,23). The number of nitrogens with one attached hydrogen (secondary N) is 1. The topological polar surface area (TPSA) is 58.6 Å². The summed E-state index contributed by atoms with van der Waals surface area (Å²) in [5, 5.41) is 2.69. The van der Waals surface area contributed by atoms with Crippen LogP contribution in [0.1, 0.15) is 19.8 Å². The summed E-state index contributed by atoms with van der Waals surface area (Å²) in [6.45, 7) is 3.37. The average molecular weight is 338 g/mol. The van der Waals surface area contributed by atoms with E-state index >= 15 is 0 Å². The van der Waals surface area contributed by atoms with E-state index in [0.717, 1.165) is 12.8 Å². The average Bonchev–Trinajstić information content (AvgIpc) is 2.63. The van der Waals surface area contributed by atoms with Gasteiger partial charge in [-0.25, -0.2) is 0 Å². The Labute approximate surface area is 147 Å². The van der Waals surface area contributed by atoms with Crippen molar-refractivity contribution in [3.8, 4) is 11.5 Å². The summed E-state index contributed by atoms with van der Waals surface area (Å²) in [4.78, 5) is 26.4. The van der Waals surface area contributed by atoms with Crippen LogP contribution in [0.3, 0.4) is 0 Å². The number of benzene rings is 2. The molecule has 3 rings (SSSR count). The number of likely N-dealkylation sites (tertiary alicyclic amines) is 1. The van der Waals surface area contributed by atoms with Crippen molar-refractivity contribution in [2.24, 2.45) is 5.92 Å². The number of carbonyl (C=O) groups is 2. The van der Waals surface area contributed by atoms with Gasteiger partial charge in [0, 0.05) is 13.1 Å². The zero-order valence-corrected chi connectivity index (χ0v) is 14.3. The van der Waals surface area contributed by atoms with Crippen LogP contribution in [0.4, 0.5) is 5.69 Å². The first kappa shape index (κ1) is 17.0. The third-order valence-electron chi connectivity index (χ3n) is 4.24. The van der Waals surface area contributed by atoms with Crippen LogP contribution in [0, 0.1) is 5.92 Å². The zero-order valence-electron chi connectivity index (χ0n) is 14.3. The minimum Gasteiger partial charge on any atom is -0.455 e. The first-order valence-electron chi connectivity index (χ1n) is 8.55. The molecule has 1 heterocycles.